The number of carbonyl (C=O) groups excluding carboxylic acids is 2. The maximum Gasteiger partial charge on any atom is 0.362 e. The molecule has 2 aromatic carbocycles. The minimum Gasteiger partial charge on any atom is -0.481 e. The molecule has 8 heteroatoms. The van der Waals surface area contributed by atoms with E-state index < -0.39 is 24.0 Å². The molecule has 0 saturated heterocycles. The topological polar surface area (TPSA) is 99.5 Å². The number of hydrogen-bond donors (Lipinski definition) is 1. The summed E-state index contributed by atoms with van der Waals surface area (Å²) in [6.45, 7) is 5.25. The van der Waals surface area contributed by atoms with Crippen molar-refractivity contribution in [3.8, 4) is 11.4 Å². The lowest BCUT2D eigenvalue weighted by molar-refractivity contribution is -0.118. The fraction of sp³-hybridized carbons (Fsp3) is 0.250. The van der Waals surface area contributed by atoms with Crippen LogP contribution in [0.4, 0.5) is 5.69 Å². The molecule has 0 aliphatic heterocycles. The molecule has 1 aromatic heterocycles. The van der Waals surface area contributed by atoms with Gasteiger partial charge < -0.3 is 14.8 Å². The van der Waals surface area contributed by atoms with Gasteiger partial charge in [-0.3, -0.25) is 9.59 Å². The highest BCUT2D eigenvalue weighted by Gasteiger charge is 2.21. The van der Waals surface area contributed by atoms with Gasteiger partial charge in [-0.2, -0.15) is 9.78 Å². The zero-order valence-corrected chi connectivity index (χ0v) is 18.3. The van der Waals surface area contributed by atoms with E-state index in [1.165, 1.54) is 0 Å². The van der Waals surface area contributed by atoms with Crippen molar-refractivity contribution in [1.82, 2.24) is 9.78 Å². The highest BCUT2D eigenvalue weighted by Crippen LogP contribution is 2.18. The van der Waals surface area contributed by atoms with Gasteiger partial charge in [0.15, 0.2) is 12.4 Å². The summed E-state index contributed by atoms with van der Waals surface area (Å²) < 4.78 is 11.7. The highest BCUT2D eigenvalue weighted by molar-refractivity contribution is 5.93. The third-order valence-corrected chi connectivity index (χ3v) is 4.71. The number of hydrogen-bond acceptors (Lipinski definition) is 6. The summed E-state index contributed by atoms with van der Waals surface area (Å²) in [4.78, 5) is 37.5. The predicted molar refractivity (Wildman–Crippen MR) is 120 cm³/mol. The molecule has 166 valence electrons. The molecule has 0 fully saturated rings. The zero-order chi connectivity index (χ0) is 23.1. The van der Waals surface area contributed by atoms with Crippen LogP contribution in [0.15, 0.2) is 59.4 Å². The number of carbonyl (C=O) groups is 2. The molecular formula is C24H25N3O5. The van der Waals surface area contributed by atoms with Crippen LogP contribution in [0, 0.1) is 6.92 Å². The summed E-state index contributed by atoms with van der Waals surface area (Å²) in [6.07, 6.45) is 0.898. The lowest BCUT2D eigenvalue weighted by atomic mass is 10.1. The molecule has 0 unspecified atom stereocenters. The second-order valence-corrected chi connectivity index (χ2v) is 7.00. The van der Waals surface area contributed by atoms with Crippen molar-refractivity contribution >= 4 is 17.6 Å². The Bertz CT molecular complexity index is 1170. The van der Waals surface area contributed by atoms with Gasteiger partial charge in [0.2, 0.25) is 5.69 Å². The largest absolute Gasteiger partial charge is 0.481 e. The van der Waals surface area contributed by atoms with Gasteiger partial charge in [-0.05, 0) is 49.6 Å². The minimum absolute atomic E-state index is 0.116. The molecule has 1 N–H and O–H groups in total. The van der Waals surface area contributed by atoms with E-state index in [0.29, 0.717) is 11.4 Å². The fourth-order valence-electron chi connectivity index (χ4n) is 3.03. The van der Waals surface area contributed by atoms with E-state index in [-0.39, 0.29) is 18.1 Å². The molecule has 0 bridgehead atoms. The number of para-hydroxylation sites is 1. The second kappa shape index (κ2) is 10.4. The fourth-order valence-corrected chi connectivity index (χ4v) is 3.03. The highest BCUT2D eigenvalue weighted by atomic mass is 16.5. The number of benzene rings is 2. The summed E-state index contributed by atoms with van der Waals surface area (Å²) >= 11 is 0. The number of anilines is 1. The van der Waals surface area contributed by atoms with E-state index in [1.807, 2.05) is 38.1 Å². The minimum atomic E-state index is -0.750. The van der Waals surface area contributed by atoms with E-state index in [0.717, 1.165) is 28.3 Å². The first-order chi connectivity index (χ1) is 15.4. The normalized spacial score (nSPS) is 10.5. The third kappa shape index (κ3) is 5.40. The zero-order valence-electron chi connectivity index (χ0n) is 18.3. The Morgan fingerprint density at radius 2 is 1.78 bits per heavy atom. The molecule has 0 spiro atoms. The average molecular weight is 435 g/mol. The van der Waals surface area contributed by atoms with E-state index >= 15 is 0 Å². The van der Waals surface area contributed by atoms with Crippen LogP contribution in [0.5, 0.6) is 5.75 Å². The van der Waals surface area contributed by atoms with Crippen LogP contribution < -0.4 is 15.6 Å². The van der Waals surface area contributed by atoms with Gasteiger partial charge in [-0.1, -0.05) is 37.3 Å². The summed E-state index contributed by atoms with van der Waals surface area (Å²) in [5.74, 6) is -1.30. The second-order valence-electron chi connectivity index (χ2n) is 7.00. The first-order valence-electron chi connectivity index (χ1n) is 10.3. The monoisotopic (exact) mass is 435 g/mol. The Hall–Kier alpha value is -3.94. The third-order valence-electron chi connectivity index (χ3n) is 4.71. The molecule has 0 aliphatic carbocycles. The molecule has 0 radical (unpaired) electrons. The molecule has 1 heterocycles. The maximum absolute atomic E-state index is 12.7. The van der Waals surface area contributed by atoms with Gasteiger partial charge >= 0.3 is 5.97 Å². The number of aromatic nitrogens is 2. The molecule has 32 heavy (non-hydrogen) atoms. The van der Waals surface area contributed by atoms with E-state index in [2.05, 4.69) is 10.4 Å². The van der Waals surface area contributed by atoms with Crippen LogP contribution >= 0.6 is 0 Å². The number of esters is 1. The summed E-state index contributed by atoms with van der Waals surface area (Å²) in [5.41, 5.74) is 2.42. The van der Waals surface area contributed by atoms with Crippen molar-refractivity contribution in [3.63, 3.8) is 0 Å². The van der Waals surface area contributed by atoms with Crippen LogP contribution in [0.25, 0.3) is 5.69 Å². The standard InChI is InChI=1S/C24H25N3O5/c1-4-17-10-12-18(13-11-17)25-21(28)15-32-20-14-22(29)27(19-9-7-6-8-16(19)3)26-23(20)24(30)31-5-2/h6-14H,4-5,15H2,1-3H3,(H,25,28). The lowest BCUT2D eigenvalue weighted by Gasteiger charge is -2.13. The molecular weight excluding hydrogens is 410 g/mol. The van der Waals surface area contributed by atoms with Crippen LogP contribution in [0.1, 0.15) is 35.5 Å². The molecule has 8 nitrogen and oxygen atoms in total. The van der Waals surface area contributed by atoms with Crippen molar-refractivity contribution in [1.29, 1.82) is 0 Å². The van der Waals surface area contributed by atoms with E-state index in [4.69, 9.17) is 9.47 Å². The van der Waals surface area contributed by atoms with Gasteiger partial charge in [-0.15, -0.1) is 0 Å². The summed E-state index contributed by atoms with van der Waals surface area (Å²) in [5, 5.41) is 6.89. The molecule has 0 saturated carbocycles. The SMILES string of the molecule is CCOC(=O)c1nn(-c2ccccc2C)c(=O)cc1OCC(=O)Nc1ccc(CC)cc1. The lowest BCUT2D eigenvalue weighted by Crippen LogP contribution is -2.27. The Labute approximate surface area is 185 Å². The Balaban J connectivity index is 1.83. The Morgan fingerprint density at radius 3 is 2.44 bits per heavy atom. The molecule has 3 rings (SSSR count). The first kappa shape index (κ1) is 22.7. The van der Waals surface area contributed by atoms with Crippen molar-refractivity contribution in [2.45, 2.75) is 27.2 Å². The summed E-state index contributed by atoms with van der Waals surface area (Å²) in [6, 6.07) is 15.7. The number of nitrogens with one attached hydrogen (secondary N) is 1. The Morgan fingerprint density at radius 1 is 1.06 bits per heavy atom. The van der Waals surface area contributed by atoms with Gasteiger partial charge in [0.05, 0.1) is 18.4 Å². The first-order valence-corrected chi connectivity index (χ1v) is 10.3. The van der Waals surface area contributed by atoms with E-state index in [1.54, 1.807) is 31.2 Å². The number of rotatable bonds is 8. The number of aryl methyl sites for hydroxylation is 2. The van der Waals surface area contributed by atoms with Crippen LogP contribution in [-0.4, -0.2) is 34.9 Å². The molecule has 0 atom stereocenters. The van der Waals surface area contributed by atoms with Crippen LogP contribution in [0.2, 0.25) is 0 Å². The van der Waals surface area contributed by atoms with Gasteiger partial charge in [0.25, 0.3) is 11.5 Å². The van der Waals surface area contributed by atoms with Gasteiger partial charge in [0, 0.05) is 5.69 Å². The molecule has 0 aliphatic rings. The number of nitrogens with zero attached hydrogens (tertiary/aromatic N) is 2. The molecule has 3 aromatic rings. The van der Waals surface area contributed by atoms with Crippen molar-refractivity contribution < 1.29 is 19.1 Å². The van der Waals surface area contributed by atoms with Crippen molar-refractivity contribution in [3.05, 3.63) is 81.8 Å². The van der Waals surface area contributed by atoms with Crippen LogP contribution in [-0.2, 0) is 16.0 Å². The van der Waals surface area contributed by atoms with E-state index in [9.17, 15) is 14.4 Å². The quantitative estimate of drug-likeness (QED) is 0.545. The molecule has 1 amide bonds. The van der Waals surface area contributed by atoms with Crippen molar-refractivity contribution in [2.75, 3.05) is 18.5 Å². The predicted octanol–water partition coefficient (Wildman–Crippen LogP) is 3.30. The van der Waals surface area contributed by atoms with Gasteiger partial charge in [0.1, 0.15) is 0 Å². The van der Waals surface area contributed by atoms with Crippen LogP contribution in [0.3, 0.4) is 0 Å². The maximum atomic E-state index is 12.7. The number of ether oxygens (including phenoxy) is 2. The smallest absolute Gasteiger partial charge is 0.362 e. The number of amides is 1. The average Bonchev–Trinajstić information content (AvgIpc) is 2.79. The van der Waals surface area contributed by atoms with Crippen molar-refractivity contribution in [2.24, 2.45) is 0 Å². The van der Waals surface area contributed by atoms with Gasteiger partial charge in [-0.25, -0.2) is 4.79 Å². The Kier molecular flexibility index (Phi) is 7.38. The summed E-state index contributed by atoms with van der Waals surface area (Å²) in [7, 11) is 0.